The number of nitrogens with one attached hydrogen (secondary N) is 1. The molecule has 2 fully saturated rings. The monoisotopic (exact) mass is 499 g/mol. The molecule has 2 saturated carbocycles. The van der Waals surface area contributed by atoms with Gasteiger partial charge in [0, 0.05) is 18.2 Å². The standard InChI is InChI=1S/C28H32F3N3O2/c29-19-11-13-21(14-12-19)36-17-26-33-24-15-22(30)23(31)16-25(24)34(26)27(18-7-3-1-4-8-18)28(35)32-20-9-5-2-6-10-20/h11-16,18,20,27H,1-10,17H2,(H,32,35). The average molecular weight is 500 g/mol. The molecule has 5 nitrogen and oxygen atoms in total. The van der Waals surface area contributed by atoms with Crippen molar-refractivity contribution in [3.8, 4) is 5.75 Å². The molecule has 2 aliphatic carbocycles. The van der Waals surface area contributed by atoms with Gasteiger partial charge in [-0.3, -0.25) is 4.79 Å². The largest absolute Gasteiger partial charge is 0.486 e. The first-order valence-electron chi connectivity index (χ1n) is 13.0. The minimum Gasteiger partial charge on any atom is -0.486 e. The Balaban J connectivity index is 1.54. The van der Waals surface area contributed by atoms with Crippen molar-refractivity contribution in [2.75, 3.05) is 0 Å². The highest BCUT2D eigenvalue weighted by Crippen LogP contribution is 2.37. The Morgan fingerprint density at radius 2 is 1.58 bits per heavy atom. The minimum absolute atomic E-state index is 0.0243. The number of amides is 1. The second kappa shape index (κ2) is 10.9. The first kappa shape index (κ1) is 24.7. The maximum absolute atomic E-state index is 14.4. The van der Waals surface area contributed by atoms with Crippen LogP contribution in [0.2, 0.25) is 0 Å². The van der Waals surface area contributed by atoms with E-state index in [9.17, 15) is 18.0 Å². The van der Waals surface area contributed by atoms with Gasteiger partial charge in [-0.15, -0.1) is 0 Å². The summed E-state index contributed by atoms with van der Waals surface area (Å²) in [5.41, 5.74) is 0.652. The Morgan fingerprint density at radius 1 is 0.944 bits per heavy atom. The second-order valence-corrected chi connectivity index (χ2v) is 10.1. The van der Waals surface area contributed by atoms with Gasteiger partial charge < -0.3 is 14.6 Å². The summed E-state index contributed by atoms with van der Waals surface area (Å²) >= 11 is 0. The third-order valence-electron chi connectivity index (χ3n) is 7.58. The molecule has 1 amide bonds. The van der Waals surface area contributed by atoms with E-state index in [1.165, 1.54) is 30.7 Å². The Bertz CT molecular complexity index is 1200. The first-order valence-corrected chi connectivity index (χ1v) is 13.0. The van der Waals surface area contributed by atoms with Gasteiger partial charge >= 0.3 is 0 Å². The van der Waals surface area contributed by atoms with E-state index in [1.807, 2.05) is 0 Å². The highest BCUT2D eigenvalue weighted by molar-refractivity contribution is 5.85. The number of fused-ring (bicyclic) bond motifs is 1. The Kier molecular flexibility index (Phi) is 7.48. The van der Waals surface area contributed by atoms with E-state index in [0.29, 0.717) is 17.1 Å². The van der Waals surface area contributed by atoms with Crippen LogP contribution in [0.25, 0.3) is 11.0 Å². The number of benzene rings is 2. The van der Waals surface area contributed by atoms with E-state index >= 15 is 0 Å². The minimum atomic E-state index is -0.987. The normalized spacial score (nSPS) is 18.3. The van der Waals surface area contributed by atoms with Crippen molar-refractivity contribution in [2.24, 2.45) is 5.92 Å². The summed E-state index contributed by atoms with van der Waals surface area (Å²) in [5, 5.41) is 3.26. The van der Waals surface area contributed by atoms with Crippen LogP contribution in [0.15, 0.2) is 36.4 Å². The number of hydrogen-bond donors (Lipinski definition) is 1. The zero-order valence-corrected chi connectivity index (χ0v) is 20.3. The number of carbonyl (C=O) groups excluding carboxylic acids is 1. The van der Waals surface area contributed by atoms with Gasteiger partial charge in [-0.25, -0.2) is 18.2 Å². The summed E-state index contributed by atoms with van der Waals surface area (Å²) in [6, 6.07) is 7.33. The van der Waals surface area contributed by atoms with E-state index in [-0.39, 0.29) is 35.8 Å². The maximum atomic E-state index is 14.4. The number of ether oxygens (including phenoxy) is 1. The van der Waals surface area contributed by atoms with Crippen LogP contribution in [-0.2, 0) is 11.4 Å². The molecular formula is C28H32F3N3O2. The average Bonchev–Trinajstić information content (AvgIpc) is 3.22. The van der Waals surface area contributed by atoms with Gasteiger partial charge in [-0.2, -0.15) is 0 Å². The fourth-order valence-corrected chi connectivity index (χ4v) is 5.76. The van der Waals surface area contributed by atoms with E-state index in [2.05, 4.69) is 10.3 Å². The molecule has 1 aromatic heterocycles. The van der Waals surface area contributed by atoms with E-state index in [0.717, 1.165) is 69.9 Å². The van der Waals surface area contributed by atoms with E-state index < -0.39 is 17.7 Å². The summed E-state index contributed by atoms with van der Waals surface area (Å²) in [5.74, 6) is -1.54. The summed E-state index contributed by atoms with van der Waals surface area (Å²) in [4.78, 5) is 18.4. The molecule has 3 aromatic rings. The third-order valence-corrected chi connectivity index (χ3v) is 7.58. The molecule has 1 unspecified atom stereocenters. The smallest absolute Gasteiger partial charge is 0.243 e. The predicted octanol–water partition coefficient (Wildman–Crippen LogP) is 6.60. The second-order valence-electron chi connectivity index (χ2n) is 10.1. The van der Waals surface area contributed by atoms with Gasteiger partial charge in [-0.05, 0) is 55.9 Å². The Labute approximate surface area is 209 Å². The molecule has 2 aliphatic rings. The van der Waals surface area contributed by atoms with Crippen molar-refractivity contribution in [1.82, 2.24) is 14.9 Å². The van der Waals surface area contributed by atoms with Gasteiger partial charge in [0.05, 0.1) is 11.0 Å². The molecule has 0 saturated heterocycles. The van der Waals surface area contributed by atoms with Crippen LogP contribution in [0.3, 0.4) is 0 Å². The number of rotatable bonds is 7. The van der Waals surface area contributed by atoms with Crippen LogP contribution in [0.1, 0.15) is 76.1 Å². The highest BCUT2D eigenvalue weighted by Gasteiger charge is 2.35. The molecule has 0 spiro atoms. The fourth-order valence-electron chi connectivity index (χ4n) is 5.76. The van der Waals surface area contributed by atoms with Crippen molar-refractivity contribution in [3.63, 3.8) is 0 Å². The lowest BCUT2D eigenvalue weighted by molar-refractivity contribution is -0.127. The lowest BCUT2D eigenvalue weighted by Crippen LogP contribution is -2.44. The van der Waals surface area contributed by atoms with Gasteiger partial charge in [0.1, 0.15) is 30.0 Å². The summed E-state index contributed by atoms with van der Waals surface area (Å²) < 4.78 is 49.5. The molecule has 8 heteroatoms. The predicted molar refractivity (Wildman–Crippen MR) is 131 cm³/mol. The molecule has 2 aromatic carbocycles. The summed E-state index contributed by atoms with van der Waals surface area (Å²) in [7, 11) is 0. The topological polar surface area (TPSA) is 56.2 Å². The zero-order valence-electron chi connectivity index (χ0n) is 20.3. The third kappa shape index (κ3) is 5.37. The van der Waals surface area contributed by atoms with Crippen LogP contribution in [0.4, 0.5) is 13.2 Å². The van der Waals surface area contributed by atoms with Crippen LogP contribution < -0.4 is 10.1 Å². The quantitative estimate of drug-likeness (QED) is 0.398. The molecule has 5 rings (SSSR count). The molecule has 1 atom stereocenters. The Morgan fingerprint density at radius 3 is 2.28 bits per heavy atom. The van der Waals surface area contributed by atoms with Crippen LogP contribution in [-0.4, -0.2) is 21.5 Å². The maximum Gasteiger partial charge on any atom is 0.243 e. The van der Waals surface area contributed by atoms with Gasteiger partial charge in [0.25, 0.3) is 0 Å². The van der Waals surface area contributed by atoms with Crippen molar-refractivity contribution < 1.29 is 22.7 Å². The van der Waals surface area contributed by atoms with Crippen molar-refractivity contribution >= 4 is 16.9 Å². The number of nitrogens with zero attached hydrogens (tertiary/aromatic N) is 2. The molecule has 36 heavy (non-hydrogen) atoms. The van der Waals surface area contributed by atoms with E-state index in [1.54, 1.807) is 4.57 Å². The highest BCUT2D eigenvalue weighted by atomic mass is 19.2. The summed E-state index contributed by atoms with van der Waals surface area (Å²) in [6.07, 6.45) is 10.2. The van der Waals surface area contributed by atoms with Crippen molar-refractivity contribution in [1.29, 1.82) is 0 Å². The van der Waals surface area contributed by atoms with Crippen molar-refractivity contribution in [3.05, 3.63) is 59.7 Å². The van der Waals surface area contributed by atoms with Gasteiger partial charge in [0.15, 0.2) is 11.6 Å². The van der Waals surface area contributed by atoms with Crippen molar-refractivity contribution in [2.45, 2.75) is 82.9 Å². The fraction of sp³-hybridized carbons (Fsp3) is 0.500. The van der Waals surface area contributed by atoms with Gasteiger partial charge in [0.2, 0.25) is 5.91 Å². The number of imidazole rings is 1. The van der Waals surface area contributed by atoms with Crippen LogP contribution in [0, 0.1) is 23.4 Å². The molecule has 1 N–H and O–H groups in total. The number of halogens is 3. The lowest BCUT2D eigenvalue weighted by atomic mass is 9.83. The summed E-state index contributed by atoms with van der Waals surface area (Å²) in [6.45, 7) is -0.0243. The molecular weight excluding hydrogens is 467 g/mol. The molecule has 0 bridgehead atoms. The SMILES string of the molecule is O=C(NC1CCCCC1)C(C1CCCCC1)n1c(COc2ccc(F)cc2)nc2cc(F)c(F)cc21. The van der Waals surface area contributed by atoms with Gasteiger partial charge in [-0.1, -0.05) is 38.5 Å². The Hall–Kier alpha value is -3.03. The van der Waals surface area contributed by atoms with Crippen LogP contribution >= 0.6 is 0 Å². The first-order chi connectivity index (χ1) is 17.5. The number of carbonyl (C=O) groups is 1. The molecule has 192 valence electrons. The zero-order chi connectivity index (χ0) is 25.1. The molecule has 0 aliphatic heterocycles. The van der Waals surface area contributed by atoms with E-state index in [4.69, 9.17) is 4.74 Å². The number of hydrogen-bond acceptors (Lipinski definition) is 3. The molecule has 1 heterocycles. The lowest BCUT2D eigenvalue weighted by Gasteiger charge is -2.33. The van der Waals surface area contributed by atoms with Crippen LogP contribution in [0.5, 0.6) is 5.75 Å². The number of aromatic nitrogens is 2. The molecule has 0 radical (unpaired) electrons.